The minimum absolute atomic E-state index is 0.159. The molecule has 0 fully saturated rings. The predicted octanol–water partition coefficient (Wildman–Crippen LogP) is 4.43. The molecule has 0 saturated heterocycles. The number of nitrogens with one attached hydrogen (secondary N) is 1. The van der Waals surface area contributed by atoms with Crippen molar-refractivity contribution in [1.29, 1.82) is 0 Å². The molecule has 1 heterocycles. The molecule has 0 aliphatic heterocycles. The average molecular weight is 406 g/mol. The molecule has 1 amide bonds. The molecule has 3 rings (SSSR count). The molecule has 3 aromatic rings. The Morgan fingerprint density at radius 3 is 2.50 bits per heavy atom. The number of nitrogens with zero attached hydrogens (tertiary/aromatic N) is 1. The second kappa shape index (κ2) is 10.9. The molecule has 1 atom stereocenters. The lowest BCUT2D eigenvalue weighted by Gasteiger charge is -2.16. The lowest BCUT2D eigenvalue weighted by Crippen LogP contribution is -2.26. The van der Waals surface area contributed by atoms with Gasteiger partial charge in [-0.15, -0.1) is 0 Å². The largest absolute Gasteiger partial charge is 0.490 e. The smallest absolute Gasteiger partial charge is 0.251 e. The molecule has 6 nitrogen and oxygen atoms in total. The summed E-state index contributed by atoms with van der Waals surface area (Å²) in [5.74, 6) is 1.71. The SMILES string of the molecule is CCOc1cc(C(=O)NC(C)c2cccnc2)ccc1OCCOc1ccccc1. The Kier molecular flexibility index (Phi) is 7.66. The van der Waals surface area contributed by atoms with Crippen LogP contribution in [-0.4, -0.2) is 30.7 Å². The van der Waals surface area contributed by atoms with Gasteiger partial charge < -0.3 is 19.5 Å². The molecule has 0 saturated carbocycles. The van der Waals surface area contributed by atoms with Gasteiger partial charge in [0.1, 0.15) is 19.0 Å². The maximum absolute atomic E-state index is 12.7. The van der Waals surface area contributed by atoms with Crippen molar-refractivity contribution in [2.45, 2.75) is 19.9 Å². The van der Waals surface area contributed by atoms with E-state index in [0.29, 0.717) is 36.9 Å². The molecule has 6 heteroatoms. The summed E-state index contributed by atoms with van der Waals surface area (Å²) >= 11 is 0. The lowest BCUT2D eigenvalue weighted by atomic mass is 10.1. The van der Waals surface area contributed by atoms with Crippen LogP contribution in [0.1, 0.15) is 35.8 Å². The summed E-state index contributed by atoms with van der Waals surface area (Å²) in [4.78, 5) is 16.8. The Morgan fingerprint density at radius 1 is 0.967 bits per heavy atom. The van der Waals surface area contributed by atoms with E-state index in [1.165, 1.54) is 0 Å². The first-order valence-electron chi connectivity index (χ1n) is 9.95. The zero-order chi connectivity index (χ0) is 21.2. The van der Waals surface area contributed by atoms with E-state index in [1.807, 2.05) is 56.3 Å². The van der Waals surface area contributed by atoms with Crippen molar-refractivity contribution in [3.05, 3.63) is 84.2 Å². The molecule has 0 radical (unpaired) electrons. The highest BCUT2D eigenvalue weighted by Crippen LogP contribution is 2.29. The number of carbonyl (C=O) groups is 1. The molecule has 1 aromatic heterocycles. The van der Waals surface area contributed by atoms with Crippen molar-refractivity contribution in [1.82, 2.24) is 10.3 Å². The van der Waals surface area contributed by atoms with Crippen molar-refractivity contribution in [2.24, 2.45) is 0 Å². The highest BCUT2D eigenvalue weighted by atomic mass is 16.5. The summed E-state index contributed by atoms with van der Waals surface area (Å²) in [7, 11) is 0. The third kappa shape index (κ3) is 5.98. The topological polar surface area (TPSA) is 69.7 Å². The minimum Gasteiger partial charge on any atom is -0.490 e. The van der Waals surface area contributed by atoms with Crippen LogP contribution in [0, 0.1) is 0 Å². The summed E-state index contributed by atoms with van der Waals surface area (Å²) in [6, 6.07) is 18.3. The van der Waals surface area contributed by atoms with Crippen LogP contribution >= 0.6 is 0 Å². The number of carbonyl (C=O) groups excluding carboxylic acids is 1. The van der Waals surface area contributed by atoms with Gasteiger partial charge in [0.25, 0.3) is 5.91 Å². The molecule has 0 aliphatic rings. The maximum atomic E-state index is 12.7. The average Bonchev–Trinajstić information content (AvgIpc) is 2.79. The second-order valence-electron chi connectivity index (χ2n) is 6.59. The molecule has 0 bridgehead atoms. The van der Waals surface area contributed by atoms with E-state index >= 15 is 0 Å². The van der Waals surface area contributed by atoms with Crippen LogP contribution in [0.2, 0.25) is 0 Å². The third-order valence-electron chi connectivity index (χ3n) is 4.39. The number of aromatic nitrogens is 1. The van der Waals surface area contributed by atoms with Gasteiger partial charge in [-0.1, -0.05) is 24.3 Å². The Labute approximate surface area is 176 Å². The Balaban J connectivity index is 1.60. The highest BCUT2D eigenvalue weighted by molar-refractivity contribution is 5.95. The molecule has 0 aliphatic carbocycles. The molecule has 30 heavy (non-hydrogen) atoms. The number of rotatable bonds is 10. The van der Waals surface area contributed by atoms with Gasteiger partial charge in [0.2, 0.25) is 0 Å². The van der Waals surface area contributed by atoms with Gasteiger partial charge in [-0.3, -0.25) is 9.78 Å². The van der Waals surface area contributed by atoms with Crippen LogP contribution in [0.15, 0.2) is 73.1 Å². The normalized spacial score (nSPS) is 11.4. The van der Waals surface area contributed by atoms with E-state index in [1.54, 1.807) is 30.6 Å². The first kappa shape index (κ1) is 21.2. The fourth-order valence-electron chi connectivity index (χ4n) is 2.86. The van der Waals surface area contributed by atoms with Crippen LogP contribution in [0.4, 0.5) is 0 Å². The van der Waals surface area contributed by atoms with Crippen LogP contribution in [0.25, 0.3) is 0 Å². The van der Waals surface area contributed by atoms with E-state index in [-0.39, 0.29) is 11.9 Å². The number of hydrogen-bond donors (Lipinski definition) is 1. The van der Waals surface area contributed by atoms with Crippen molar-refractivity contribution < 1.29 is 19.0 Å². The molecule has 0 spiro atoms. The van der Waals surface area contributed by atoms with Gasteiger partial charge in [-0.25, -0.2) is 0 Å². The Hall–Kier alpha value is -3.54. The fraction of sp³-hybridized carbons (Fsp3) is 0.250. The van der Waals surface area contributed by atoms with Crippen LogP contribution < -0.4 is 19.5 Å². The van der Waals surface area contributed by atoms with Gasteiger partial charge in [-0.2, -0.15) is 0 Å². The second-order valence-corrected chi connectivity index (χ2v) is 6.59. The minimum atomic E-state index is -0.189. The van der Waals surface area contributed by atoms with Crippen molar-refractivity contribution in [3.63, 3.8) is 0 Å². The molecule has 2 aromatic carbocycles. The maximum Gasteiger partial charge on any atom is 0.251 e. The van der Waals surface area contributed by atoms with Gasteiger partial charge >= 0.3 is 0 Å². The zero-order valence-electron chi connectivity index (χ0n) is 17.2. The Bertz CT molecular complexity index is 932. The zero-order valence-corrected chi connectivity index (χ0v) is 17.2. The van der Waals surface area contributed by atoms with Crippen LogP contribution in [-0.2, 0) is 0 Å². The van der Waals surface area contributed by atoms with E-state index in [2.05, 4.69) is 10.3 Å². The van der Waals surface area contributed by atoms with E-state index in [9.17, 15) is 4.79 Å². The molecular weight excluding hydrogens is 380 g/mol. The standard InChI is InChI=1S/C24H26N2O4/c1-3-28-23-16-19(24(27)26-18(2)20-8-7-13-25-17-20)11-12-22(23)30-15-14-29-21-9-5-4-6-10-21/h4-13,16-18H,3,14-15H2,1-2H3,(H,26,27). The van der Waals surface area contributed by atoms with Gasteiger partial charge in [0.15, 0.2) is 11.5 Å². The van der Waals surface area contributed by atoms with E-state index in [0.717, 1.165) is 11.3 Å². The van der Waals surface area contributed by atoms with Gasteiger partial charge in [-0.05, 0) is 55.8 Å². The number of hydrogen-bond acceptors (Lipinski definition) is 5. The number of ether oxygens (including phenoxy) is 3. The number of para-hydroxylation sites is 1. The Morgan fingerprint density at radius 2 is 1.77 bits per heavy atom. The summed E-state index contributed by atoms with van der Waals surface area (Å²) in [5.41, 5.74) is 1.44. The summed E-state index contributed by atoms with van der Waals surface area (Å²) in [6.45, 7) is 5.04. The predicted molar refractivity (Wildman–Crippen MR) is 115 cm³/mol. The first-order chi connectivity index (χ1) is 14.7. The summed E-state index contributed by atoms with van der Waals surface area (Å²) in [6.07, 6.45) is 3.45. The van der Waals surface area contributed by atoms with Gasteiger partial charge in [0, 0.05) is 18.0 Å². The molecule has 1 unspecified atom stereocenters. The fourth-order valence-corrected chi connectivity index (χ4v) is 2.86. The van der Waals surface area contributed by atoms with Crippen molar-refractivity contribution in [2.75, 3.05) is 19.8 Å². The number of benzene rings is 2. The highest BCUT2D eigenvalue weighted by Gasteiger charge is 2.15. The quantitative estimate of drug-likeness (QED) is 0.505. The summed E-state index contributed by atoms with van der Waals surface area (Å²) in [5, 5.41) is 2.98. The third-order valence-corrected chi connectivity index (χ3v) is 4.39. The summed E-state index contributed by atoms with van der Waals surface area (Å²) < 4.78 is 17.1. The first-order valence-corrected chi connectivity index (χ1v) is 9.95. The number of amides is 1. The van der Waals surface area contributed by atoms with E-state index < -0.39 is 0 Å². The van der Waals surface area contributed by atoms with Crippen LogP contribution in [0.5, 0.6) is 17.2 Å². The van der Waals surface area contributed by atoms with E-state index in [4.69, 9.17) is 14.2 Å². The lowest BCUT2D eigenvalue weighted by molar-refractivity contribution is 0.0939. The monoisotopic (exact) mass is 406 g/mol. The van der Waals surface area contributed by atoms with Crippen molar-refractivity contribution >= 4 is 5.91 Å². The molecular formula is C24H26N2O4. The number of pyridine rings is 1. The molecule has 156 valence electrons. The molecule has 1 N–H and O–H groups in total. The van der Waals surface area contributed by atoms with Crippen LogP contribution in [0.3, 0.4) is 0 Å². The van der Waals surface area contributed by atoms with Crippen molar-refractivity contribution in [3.8, 4) is 17.2 Å². The van der Waals surface area contributed by atoms with Gasteiger partial charge in [0.05, 0.1) is 12.6 Å².